The fraction of sp³-hybridized carbons (Fsp3) is 0.0909. The van der Waals surface area contributed by atoms with Crippen LogP contribution in [-0.4, -0.2) is 10.1 Å². The fourth-order valence-electron chi connectivity index (χ4n) is 2.98. The highest BCUT2D eigenvalue weighted by Gasteiger charge is 2.14. The van der Waals surface area contributed by atoms with Crippen LogP contribution in [0, 0.1) is 5.82 Å². The molecule has 0 amide bonds. The third-order valence-electron chi connectivity index (χ3n) is 4.48. The van der Waals surface area contributed by atoms with Crippen molar-refractivity contribution in [2.24, 2.45) is 0 Å². The lowest BCUT2D eigenvalue weighted by Crippen LogP contribution is -1.90. The van der Waals surface area contributed by atoms with Crippen molar-refractivity contribution in [3.8, 4) is 34.0 Å². The summed E-state index contributed by atoms with van der Waals surface area (Å²) in [7, 11) is 0. The van der Waals surface area contributed by atoms with E-state index in [1.54, 1.807) is 12.1 Å². The largest absolute Gasteiger partial charge is 0.334 e. The first kappa shape index (κ1) is 19.0. The van der Waals surface area contributed by atoms with Crippen LogP contribution in [0.5, 0.6) is 0 Å². The van der Waals surface area contributed by atoms with Gasteiger partial charge in [-0.25, -0.2) is 4.39 Å². The third kappa shape index (κ3) is 3.80. The van der Waals surface area contributed by atoms with Gasteiger partial charge in [0.1, 0.15) is 5.82 Å². The summed E-state index contributed by atoms with van der Waals surface area (Å²) in [5, 5.41) is 5.58. The summed E-state index contributed by atoms with van der Waals surface area (Å²) >= 11 is 6.99. The van der Waals surface area contributed by atoms with Gasteiger partial charge in [-0.1, -0.05) is 85.5 Å². The molecule has 140 valence electrons. The van der Waals surface area contributed by atoms with Crippen LogP contribution in [0.4, 0.5) is 4.39 Å². The van der Waals surface area contributed by atoms with Crippen molar-refractivity contribution < 1.29 is 8.91 Å². The molecule has 0 aliphatic heterocycles. The first-order valence-corrected chi connectivity index (χ1v) is 10.9. The summed E-state index contributed by atoms with van der Waals surface area (Å²) in [6.07, 6.45) is 0. The van der Waals surface area contributed by atoms with Crippen molar-refractivity contribution in [2.75, 3.05) is 0 Å². The summed E-state index contributed by atoms with van der Waals surface area (Å²) in [5.74, 6) is 0.441. The Morgan fingerprint density at radius 1 is 0.786 bits per heavy atom. The maximum absolute atomic E-state index is 14.6. The number of rotatable bonds is 5. The molecular formula is C22H15Br2FN2O. The first-order valence-electron chi connectivity index (χ1n) is 8.62. The van der Waals surface area contributed by atoms with Crippen molar-refractivity contribution in [1.82, 2.24) is 10.1 Å². The summed E-state index contributed by atoms with van der Waals surface area (Å²) in [5.41, 5.74) is 5.12. The Bertz CT molecular complexity index is 1110. The summed E-state index contributed by atoms with van der Waals surface area (Å²) in [6, 6.07) is 20.4. The highest BCUT2D eigenvalue weighted by atomic mass is 79.9. The molecule has 0 unspecified atom stereocenters. The van der Waals surface area contributed by atoms with Crippen LogP contribution in [0.3, 0.4) is 0 Å². The minimum atomic E-state index is -0.327. The van der Waals surface area contributed by atoms with Crippen molar-refractivity contribution >= 4 is 31.9 Å². The maximum Gasteiger partial charge on any atom is 0.258 e. The zero-order valence-corrected chi connectivity index (χ0v) is 17.9. The summed E-state index contributed by atoms with van der Waals surface area (Å²) in [6.45, 7) is 0. The second-order valence-electron chi connectivity index (χ2n) is 6.23. The number of alkyl halides is 2. The van der Waals surface area contributed by atoms with E-state index in [0.717, 1.165) is 27.4 Å². The number of halogens is 3. The predicted molar refractivity (Wildman–Crippen MR) is 116 cm³/mol. The van der Waals surface area contributed by atoms with E-state index in [2.05, 4.69) is 42.0 Å². The number of aromatic nitrogens is 2. The Hall–Kier alpha value is -2.31. The molecule has 3 aromatic carbocycles. The van der Waals surface area contributed by atoms with E-state index in [-0.39, 0.29) is 5.82 Å². The van der Waals surface area contributed by atoms with Crippen molar-refractivity contribution in [3.63, 3.8) is 0 Å². The van der Waals surface area contributed by atoms with E-state index in [0.29, 0.717) is 22.8 Å². The molecule has 1 heterocycles. The molecule has 4 rings (SSSR count). The van der Waals surface area contributed by atoms with Crippen LogP contribution >= 0.6 is 31.9 Å². The quantitative estimate of drug-likeness (QED) is 0.276. The molecule has 1 aromatic heterocycles. The first-order chi connectivity index (χ1) is 13.7. The van der Waals surface area contributed by atoms with E-state index in [4.69, 9.17) is 4.52 Å². The SMILES string of the molecule is Fc1cc(-c2nc(-c3ccc(CBr)c(CBr)c3)no2)ccc1-c1ccccc1. The van der Waals surface area contributed by atoms with E-state index >= 15 is 0 Å². The van der Waals surface area contributed by atoms with Crippen molar-refractivity contribution in [3.05, 3.63) is 83.7 Å². The predicted octanol–water partition coefficient (Wildman–Crippen LogP) is 7.00. The van der Waals surface area contributed by atoms with Gasteiger partial charge in [-0.05, 0) is 34.9 Å². The second kappa shape index (κ2) is 8.37. The Labute approximate surface area is 178 Å². The van der Waals surface area contributed by atoms with Gasteiger partial charge in [0.15, 0.2) is 0 Å². The normalized spacial score (nSPS) is 11.0. The van der Waals surface area contributed by atoms with Gasteiger partial charge < -0.3 is 4.52 Å². The lowest BCUT2D eigenvalue weighted by atomic mass is 10.0. The average Bonchev–Trinajstić information content (AvgIpc) is 3.24. The van der Waals surface area contributed by atoms with Crippen molar-refractivity contribution in [2.45, 2.75) is 10.7 Å². The van der Waals surface area contributed by atoms with Crippen LogP contribution in [0.25, 0.3) is 34.0 Å². The van der Waals surface area contributed by atoms with Gasteiger partial charge >= 0.3 is 0 Å². The Balaban J connectivity index is 1.65. The maximum atomic E-state index is 14.6. The van der Waals surface area contributed by atoms with E-state index in [1.165, 1.54) is 11.6 Å². The molecule has 0 fully saturated rings. The van der Waals surface area contributed by atoms with Gasteiger partial charge in [0.25, 0.3) is 5.89 Å². The summed E-state index contributed by atoms with van der Waals surface area (Å²) < 4.78 is 20.0. The van der Waals surface area contributed by atoms with Gasteiger partial charge in [-0.15, -0.1) is 0 Å². The van der Waals surface area contributed by atoms with Gasteiger partial charge in [0, 0.05) is 27.4 Å². The number of benzene rings is 3. The minimum Gasteiger partial charge on any atom is -0.334 e. The fourth-order valence-corrected chi connectivity index (χ4v) is 4.05. The molecule has 6 heteroatoms. The summed E-state index contributed by atoms with van der Waals surface area (Å²) in [4.78, 5) is 4.45. The molecule has 0 saturated carbocycles. The van der Waals surface area contributed by atoms with E-state index in [9.17, 15) is 4.39 Å². The molecule has 3 nitrogen and oxygen atoms in total. The minimum absolute atomic E-state index is 0.290. The highest BCUT2D eigenvalue weighted by molar-refractivity contribution is 9.09. The standard InChI is InChI=1S/C22H15Br2FN2O/c23-12-17-7-6-15(10-18(17)13-24)21-26-22(28-27-21)16-8-9-19(20(25)11-16)14-4-2-1-3-5-14/h1-11H,12-13H2. The lowest BCUT2D eigenvalue weighted by Gasteiger charge is -2.05. The molecule has 0 radical (unpaired) electrons. The lowest BCUT2D eigenvalue weighted by molar-refractivity contribution is 0.432. The number of hydrogen-bond donors (Lipinski definition) is 0. The molecule has 0 saturated heterocycles. The van der Waals surface area contributed by atoms with Crippen LogP contribution < -0.4 is 0 Å². The molecular weight excluding hydrogens is 487 g/mol. The van der Waals surface area contributed by atoms with Crippen molar-refractivity contribution in [1.29, 1.82) is 0 Å². The van der Waals surface area contributed by atoms with Crippen LogP contribution in [0.15, 0.2) is 71.3 Å². The smallest absolute Gasteiger partial charge is 0.258 e. The topological polar surface area (TPSA) is 38.9 Å². The van der Waals surface area contributed by atoms with Crippen LogP contribution in [0.1, 0.15) is 11.1 Å². The van der Waals surface area contributed by atoms with Gasteiger partial charge in [0.05, 0.1) is 0 Å². The Morgan fingerprint density at radius 2 is 1.54 bits per heavy atom. The van der Waals surface area contributed by atoms with E-state index in [1.807, 2.05) is 48.5 Å². The molecule has 0 bridgehead atoms. The molecule has 0 aliphatic carbocycles. The van der Waals surface area contributed by atoms with E-state index < -0.39 is 0 Å². The highest BCUT2D eigenvalue weighted by Crippen LogP contribution is 2.29. The van der Waals surface area contributed by atoms with Gasteiger partial charge in [-0.2, -0.15) is 4.98 Å². The van der Waals surface area contributed by atoms with Crippen LogP contribution in [-0.2, 0) is 10.7 Å². The monoisotopic (exact) mass is 500 g/mol. The molecule has 28 heavy (non-hydrogen) atoms. The van der Waals surface area contributed by atoms with Gasteiger partial charge in [0.2, 0.25) is 5.82 Å². The second-order valence-corrected chi connectivity index (χ2v) is 7.36. The third-order valence-corrected chi connectivity index (χ3v) is 5.69. The molecule has 4 aromatic rings. The molecule has 0 atom stereocenters. The molecule has 0 N–H and O–H groups in total. The molecule has 0 spiro atoms. The zero-order valence-electron chi connectivity index (χ0n) is 14.7. The van der Waals surface area contributed by atoms with Gasteiger partial charge in [-0.3, -0.25) is 0 Å². The average molecular weight is 502 g/mol. The zero-order chi connectivity index (χ0) is 19.5. The molecule has 0 aliphatic rings. The Morgan fingerprint density at radius 3 is 2.25 bits per heavy atom. The number of hydrogen-bond acceptors (Lipinski definition) is 3. The number of nitrogens with zero attached hydrogens (tertiary/aromatic N) is 2. The Kier molecular flexibility index (Phi) is 5.69. The van der Waals surface area contributed by atoms with Crippen LogP contribution in [0.2, 0.25) is 0 Å².